The molecule has 0 spiro atoms. The first-order valence-electron chi connectivity index (χ1n) is 6.08. The van der Waals surface area contributed by atoms with E-state index in [0.29, 0.717) is 6.54 Å². The summed E-state index contributed by atoms with van der Waals surface area (Å²) in [6, 6.07) is 10.2. The fraction of sp³-hybridized carbons (Fsp3) is 0.357. The zero-order valence-corrected chi connectivity index (χ0v) is 10.5. The first kappa shape index (κ1) is 12.8. The monoisotopic (exact) mass is 246 g/mol. The van der Waals surface area contributed by atoms with Crippen molar-refractivity contribution in [2.45, 2.75) is 25.9 Å². The molecule has 0 bridgehead atoms. The van der Waals surface area contributed by atoms with Gasteiger partial charge in [-0.05, 0) is 18.9 Å². The molecule has 2 rings (SSSR count). The van der Waals surface area contributed by atoms with Gasteiger partial charge in [0.15, 0.2) is 0 Å². The Hall–Kier alpha value is -1.65. The second kappa shape index (κ2) is 6.33. The summed E-state index contributed by atoms with van der Waals surface area (Å²) < 4.78 is 5.00. The largest absolute Gasteiger partial charge is 0.395 e. The second-order valence-corrected chi connectivity index (χ2v) is 4.36. The maximum Gasteiger partial charge on any atom is 0.138 e. The Morgan fingerprint density at radius 1 is 1.33 bits per heavy atom. The summed E-state index contributed by atoms with van der Waals surface area (Å²) in [6.07, 6.45) is 2.51. The van der Waals surface area contributed by atoms with E-state index in [1.165, 1.54) is 5.56 Å². The van der Waals surface area contributed by atoms with Gasteiger partial charge in [-0.2, -0.15) is 0 Å². The van der Waals surface area contributed by atoms with Gasteiger partial charge >= 0.3 is 0 Å². The number of aryl methyl sites for hydroxylation is 1. The summed E-state index contributed by atoms with van der Waals surface area (Å²) in [5, 5.41) is 16.4. The number of nitrogens with zero attached hydrogens (tertiary/aromatic N) is 1. The summed E-state index contributed by atoms with van der Waals surface area (Å²) in [4.78, 5) is 0. The SMILES string of the molecule is Cc1oncc1CN[C@@H](CO)Cc1ccccc1. The van der Waals surface area contributed by atoms with Crippen LogP contribution in [0.1, 0.15) is 16.9 Å². The van der Waals surface area contributed by atoms with Gasteiger partial charge in [0.2, 0.25) is 0 Å². The molecule has 1 atom stereocenters. The van der Waals surface area contributed by atoms with Crippen LogP contribution in [0.15, 0.2) is 41.1 Å². The van der Waals surface area contributed by atoms with Gasteiger partial charge in [0, 0.05) is 18.2 Å². The Bertz CT molecular complexity index is 468. The molecule has 0 aliphatic heterocycles. The topological polar surface area (TPSA) is 58.3 Å². The number of rotatable bonds is 6. The first-order chi connectivity index (χ1) is 8.79. The van der Waals surface area contributed by atoms with Crippen LogP contribution < -0.4 is 5.32 Å². The van der Waals surface area contributed by atoms with Crippen LogP contribution in [0.25, 0.3) is 0 Å². The van der Waals surface area contributed by atoms with Crippen molar-refractivity contribution in [3.05, 3.63) is 53.4 Å². The number of aliphatic hydroxyl groups excluding tert-OH is 1. The van der Waals surface area contributed by atoms with Crippen LogP contribution in [0, 0.1) is 6.92 Å². The molecular weight excluding hydrogens is 228 g/mol. The van der Waals surface area contributed by atoms with Gasteiger partial charge in [0.05, 0.1) is 12.8 Å². The molecule has 2 aromatic rings. The van der Waals surface area contributed by atoms with Gasteiger partial charge in [0.1, 0.15) is 5.76 Å². The predicted molar refractivity (Wildman–Crippen MR) is 69.1 cm³/mol. The van der Waals surface area contributed by atoms with Crippen molar-refractivity contribution in [1.29, 1.82) is 0 Å². The van der Waals surface area contributed by atoms with Crippen LogP contribution in [0.4, 0.5) is 0 Å². The molecule has 2 N–H and O–H groups in total. The highest BCUT2D eigenvalue weighted by atomic mass is 16.5. The van der Waals surface area contributed by atoms with Crippen LogP contribution in [-0.2, 0) is 13.0 Å². The first-order valence-corrected chi connectivity index (χ1v) is 6.08. The summed E-state index contributed by atoms with van der Waals surface area (Å²) in [5.41, 5.74) is 2.24. The smallest absolute Gasteiger partial charge is 0.138 e. The zero-order valence-electron chi connectivity index (χ0n) is 10.5. The minimum Gasteiger partial charge on any atom is -0.395 e. The average Bonchev–Trinajstić information content (AvgIpc) is 2.81. The maximum absolute atomic E-state index is 9.38. The van der Waals surface area contributed by atoms with Gasteiger partial charge in [0.25, 0.3) is 0 Å². The predicted octanol–water partition coefficient (Wildman–Crippen LogP) is 1.68. The summed E-state index contributed by atoms with van der Waals surface area (Å²) in [7, 11) is 0. The van der Waals surface area contributed by atoms with Crippen molar-refractivity contribution < 1.29 is 9.63 Å². The number of benzene rings is 1. The maximum atomic E-state index is 9.38. The molecule has 0 unspecified atom stereocenters. The Kier molecular flexibility index (Phi) is 4.50. The third-order valence-electron chi connectivity index (χ3n) is 2.98. The number of nitrogens with one attached hydrogen (secondary N) is 1. The van der Waals surface area contributed by atoms with E-state index in [4.69, 9.17) is 4.52 Å². The van der Waals surface area contributed by atoms with Crippen molar-refractivity contribution in [3.63, 3.8) is 0 Å². The molecule has 0 saturated carbocycles. The Morgan fingerprint density at radius 3 is 2.72 bits per heavy atom. The van der Waals surface area contributed by atoms with Crippen molar-refractivity contribution in [1.82, 2.24) is 10.5 Å². The summed E-state index contributed by atoms with van der Waals surface area (Å²) >= 11 is 0. The Balaban J connectivity index is 1.88. The van der Waals surface area contributed by atoms with Gasteiger partial charge in [-0.1, -0.05) is 35.5 Å². The lowest BCUT2D eigenvalue weighted by molar-refractivity contribution is 0.240. The summed E-state index contributed by atoms with van der Waals surface area (Å²) in [5.74, 6) is 0.818. The van der Waals surface area contributed by atoms with Crippen LogP contribution in [0.2, 0.25) is 0 Å². The van der Waals surface area contributed by atoms with Crippen LogP contribution in [0.5, 0.6) is 0 Å². The number of hydrogen-bond acceptors (Lipinski definition) is 4. The molecule has 1 aromatic heterocycles. The zero-order chi connectivity index (χ0) is 12.8. The van der Waals surface area contributed by atoms with Gasteiger partial charge in [-0.25, -0.2) is 0 Å². The number of aliphatic hydroxyl groups is 1. The molecule has 4 heteroatoms. The van der Waals surface area contributed by atoms with Crippen LogP contribution in [-0.4, -0.2) is 22.9 Å². The standard InChI is InChI=1S/C14H18N2O2/c1-11-13(9-16-18-11)8-15-14(10-17)7-12-5-3-2-4-6-12/h2-6,9,14-15,17H,7-8,10H2,1H3/t14-/m1/s1. The van der Waals surface area contributed by atoms with Gasteiger partial charge in [-0.15, -0.1) is 0 Å². The van der Waals surface area contributed by atoms with Crippen LogP contribution in [0.3, 0.4) is 0 Å². The minimum absolute atomic E-state index is 0.0432. The van der Waals surface area contributed by atoms with E-state index in [1.807, 2.05) is 25.1 Å². The van der Waals surface area contributed by atoms with Crippen molar-refractivity contribution in [3.8, 4) is 0 Å². The van der Waals surface area contributed by atoms with E-state index in [0.717, 1.165) is 17.7 Å². The molecule has 0 saturated heterocycles. The highest BCUT2D eigenvalue weighted by Crippen LogP contribution is 2.07. The van der Waals surface area contributed by atoms with Gasteiger partial charge in [-0.3, -0.25) is 0 Å². The molecular formula is C14H18N2O2. The third-order valence-corrected chi connectivity index (χ3v) is 2.98. The van der Waals surface area contributed by atoms with Crippen LogP contribution >= 0.6 is 0 Å². The highest BCUT2D eigenvalue weighted by molar-refractivity contribution is 5.16. The molecule has 0 radical (unpaired) electrons. The molecule has 1 heterocycles. The number of aromatic nitrogens is 1. The lowest BCUT2D eigenvalue weighted by Crippen LogP contribution is -2.34. The third kappa shape index (κ3) is 3.42. The lowest BCUT2D eigenvalue weighted by Gasteiger charge is -2.15. The molecule has 0 aliphatic rings. The van der Waals surface area contributed by atoms with Gasteiger partial charge < -0.3 is 14.9 Å². The molecule has 96 valence electrons. The fourth-order valence-corrected chi connectivity index (χ4v) is 1.84. The molecule has 0 fully saturated rings. The fourth-order valence-electron chi connectivity index (χ4n) is 1.84. The molecule has 0 aliphatic carbocycles. The van der Waals surface area contributed by atoms with Crippen molar-refractivity contribution in [2.24, 2.45) is 0 Å². The van der Waals surface area contributed by atoms with E-state index in [9.17, 15) is 5.11 Å². The highest BCUT2D eigenvalue weighted by Gasteiger charge is 2.09. The quantitative estimate of drug-likeness (QED) is 0.814. The lowest BCUT2D eigenvalue weighted by atomic mass is 10.1. The van der Waals surface area contributed by atoms with E-state index in [2.05, 4.69) is 22.6 Å². The van der Waals surface area contributed by atoms with E-state index >= 15 is 0 Å². The van der Waals surface area contributed by atoms with E-state index in [1.54, 1.807) is 6.20 Å². The van der Waals surface area contributed by atoms with Crippen molar-refractivity contribution in [2.75, 3.05) is 6.61 Å². The Labute approximate surface area is 107 Å². The Morgan fingerprint density at radius 2 is 2.11 bits per heavy atom. The minimum atomic E-state index is 0.0432. The second-order valence-electron chi connectivity index (χ2n) is 4.36. The van der Waals surface area contributed by atoms with E-state index < -0.39 is 0 Å². The molecule has 18 heavy (non-hydrogen) atoms. The average molecular weight is 246 g/mol. The molecule has 4 nitrogen and oxygen atoms in total. The molecule has 1 aromatic carbocycles. The number of hydrogen-bond donors (Lipinski definition) is 2. The van der Waals surface area contributed by atoms with E-state index in [-0.39, 0.29) is 12.6 Å². The summed E-state index contributed by atoms with van der Waals surface area (Å²) in [6.45, 7) is 2.65. The normalized spacial score (nSPS) is 12.6. The van der Waals surface area contributed by atoms with Crippen molar-refractivity contribution >= 4 is 0 Å². The molecule has 0 amide bonds.